The number of aliphatic hydroxyl groups is 1. The van der Waals surface area contributed by atoms with Crippen molar-refractivity contribution in [2.75, 3.05) is 13.2 Å². The van der Waals surface area contributed by atoms with Gasteiger partial charge >= 0.3 is 0 Å². The molecule has 3 rings (SSSR count). The van der Waals surface area contributed by atoms with E-state index in [0.717, 1.165) is 25.0 Å². The molecule has 1 saturated carbocycles. The van der Waals surface area contributed by atoms with E-state index < -0.39 is 0 Å². The van der Waals surface area contributed by atoms with Gasteiger partial charge in [-0.05, 0) is 49.3 Å². The minimum Gasteiger partial charge on any atom is -0.508 e. The van der Waals surface area contributed by atoms with Gasteiger partial charge in [-0.1, -0.05) is 12.1 Å². The number of rotatable bonds is 4. The Balaban J connectivity index is 1.80. The Kier molecular flexibility index (Phi) is 3.04. The number of hydrogen-bond acceptors (Lipinski definition) is 3. The number of aromatic hydroxyl groups is 1. The molecule has 98 valence electrons. The first kappa shape index (κ1) is 12.0. The minimum absolute atomic E-state index is 0.113. The van der Waals surface area contributed by atoms with Gasteiger partial charge in [0.25, 0.3) is 0 Å². The van der Waals surface area contributed by atoms with Crippen molar-refractivity contribution < 1.29 is 14.9 Å². The first-order valence-electron chi connectivity index (χ1n) is 6.74. The van der Waals surface area contributed by atoms with Crippen molar-refractivity contribution in [3.63, 3.8) is 0 Å². The summed E-state index contributed by atoms with van der Waals surface area (Å²) in [7, 11) is 0. The Morgan fingerprint density at radius 1 is 1.22 bits per heavy atom. The van der Waals surface area contributed by atoms with Crippen molar-refractivity contribution in [3.8, 4) is 5.75 Å². The molecule has 0 amide bonds. The molecule has 2 atom stereocenters. The SMILES string of the molecule is OCC1(Cc2ccc(O)cc2)CCOC1C1CC1. The van der Waals surface area contributed by atoms with Gasteiger partial charge in [0, 0.05) is 12.0 Å². The van der Waals surface area contributed by atoms with E-state index in [1.54, 1.807) is 12.1 Å². The predicted octanol–water partition coefficient (Wildman–Crippen LogP) is 2.11. The largest absolute Gasteiger partial charge is 0.508 e. The van der Waals surface area contributed by atoms with Crippen molar-refractivity contribution in [2.45, 2.75) is 31.8 Å². The number of hydrogen-bond donors (Lipinski definition) is 2. The minimum atomic E-state index is -0.113. The van der Waals surface area contributed by atoms with E-state index in [9.17, 15) is 10.2 Å². The van der Waals surface area contributed by atoms with E-state index in [2.05, 4.69) is 0 Å². The van der Waals surface area contributed by atoms with Gasteiger partial charge in [0.2, 0.25) is 0 Å². The van der Waals surface area contributed by atoms with Crippen molar-refractivity contribution in [1.29, 1.82) is 0 Å². The molecule has 1 aromatic rings. The second-order valence-corrected chi connectivity index (χ2v) is 5.74. The Bertz CT molecular complexity index is 410. The van der Waals surface area contributed by atoms with Crippen LogP contribution in [0.5, 0.6) is 5.75 Å². The van der Waals surface area contributed by atoms with Crippen LogP contribution >= 0.6 is 0 Å². The molecule has 2 aliphatic rings. The van der Waals surface area contributed by atoms with Gasteiger partial charge in [-0.2, -0.15) is 0 Å². The fraction of sp³-hybridized carbons (Fsp3) is 0.600. The molecular formula is C15H20O3. The van der Waals surface area contributed by atoms with Crippen LogP contribution in [0.25, 0.3) is 0 Å². The highest BCUT2D eigenvalue weighted by Gasteiger charge is 2.50. The van der Waals surface area contributed by atoms with Crippen molar-refractivity contribution in [2.24, 2.45) is 11.3 Å². The first-order valence-corrected chi connectivity index (χ1v) is 6.74. The molecule has 3 nitrogen and oxygen atoms in total. The lowest BCUT2D eigenvalue weighted by molar-refractivity contribution is 0.000584. The molecule has 2 unspecified atom stereocenters. The van der Waals surface area contributed by atoms with E-state index in [1.165, 1.54) is 12.8 Å². The lowest BCUT2D eigenvalue weighted by Crippen LogP contribution is -2.38. The van der Waals surface area contributed by atoms with Gasteiger partial charge in [0.05, 0.1) is 12.7 Å². The maximum Gasteiger partial charge on any atom is 0.115 e. The molecule has 1 saturated heterocycles. The van der Waals surface area contributed by atoms with Crippen molar-refractivity contribution >= 4 is 0 Å². The maximum absolute atomic E-state index is 9.85. The third-order valence-electron chi connectivity index (χ3n) is 4.36. The zero-order chi connectivity index (χ0) is 12.6. The molecule has 1 aromatic carbocycles. The average molecular weight is 248 g/mol. The topological polar surface area (TPSA) is 49.7 Å². The molecule has 0 aromatic heterocycles. The zero-order valence-corrected chi connectivity index (χ0v) is 10.5. The number of ether oxygens (including phenoxy) is 1. The standard InChI is InChI=1S/C15H20O3/c16-10-15(7-8-18-14(15)12-3-4-12)9-11-1-5-13(17)6-2-11/h1-2,5-6,12,14,16-17H,3-4,7-10H2. The van der Waals surface area contributed by atoms with Crippen molar-refractivity contribution in [1.82, 2.24) is 0 Å². The molecule has 2 N–H and O–H groups in total. The second-order valence-electron chi connectivity index (χ2n) is 5.74. The van der Waals surface area contributed by atoms with E-state index in [1.807, 2.05) is 12.1 Å². The summed E-state index contributed by atoms with van der Waals surface area (Å²) in [5.41, 5.74) is 1.05. The van der Waals surface area contributed by atoms with E-state index in [0.29, 0.717) is 11.7 Å². The Morgan fingerprint density at radius 2 is 1.94 bits per heavy atom. The Labute approximate surface area is 107 Å². The summed E-state index contributed by atoms with van der Waals surface area (Å²) in [5, 5.41) is 19.2. The molecule has 1 heterocycles. The van der Waals surface area contributed by atoms with Crippen LogP contribution in [0.15, 0.2) is 24.3 Å². The lowest BCUT2D eigenvalue weighted by atomic mass is 9.75. The predicted molar refractivity (Wildman–Crippen MR) is 68.4 cm³/mol. The maximum atomic E-state index is 9.85. The summed E-state index contributed by atoms with van der Waals surface area (Å²) in [6.07, 6.45) is 4.47. The molecule has 0 spiro atoms. The summed E-state index contributed by atoms with van der Waals surface area (Å²) >= 11 is 0. The van der Waals surface area contributed by atoms with Crippen LogP contribution in [-0.2, 0) is 11.2 Å². The normalized spacial score (nSPS) is 31.7. The third-order valence-corrected chi connectivity index (χ3v) is 4.36. The van der Waals surface area contributed by atoms with Crippen LogP contribution in [-0.4, -0.2) is 29.5 Å². The molecule has 1 aliphatic heterocycles. The zero-order valence-electron chi connectivity index (χ0n) is 10.5. The third kappa shape index (κ3) is 2.13. The molecular weight excluding hydrogens is 228 g/mol. The van der Waals surface area contributed by atoms with Crippen molar-refractivity contribution in [3.05, 3.63) is 29.8 Å². The molecule has 18 heavy (non-hydrogen) atoms. The molecule has 3 heteroatoms. The van der Waals surface area contributed by atoms with Crippen LogP contribution in [0.2, 0.25) is 0 Å². The quantitative estimate of drug-likeness (QED) is 0.858. The number of benzene rings is 1. The number of phenolic OH excluding ortho intramolecular Hbond substituents is 1. The van der Waals surface area contributed by atoms with Crippen LogP contribution in [0.1, 0.15) is 24.8 Å². The van der Waals surface area contributed by atoms with Gasteiger partial charge in [-0.3, -0.25) is 0 Å². The smallest absolute Gasteiger partial charge is 0.115 e. The van der Waals surface area contributed by atoms with Crippen LogP contribution in [0.4, 0.5) is 0 Å². The van der Waals surface area contributed by atoms with Gasteiger partial charge in [-0.15, -0.1) is 0 Å². The summed E-state index contributed by atoms with van der Waals surface area (Å²) in [5.74, 6) is 0.940. The Morgan fingerprint density at radius 3 is 2.56 bits per heavy atom. The average Bonchev–Trinajstić information content (AvgIpc) is 3.14. The highest BCUT2D eigenvalue weighted by molar-refractivity contribution is 5.27. The van der Waals surface area contributed by atoms with Gasteiger partial charge < -0.3 is 14.9 Å². The van der Waals surface area contributed by atoms with E-state index in [-0.39, 0.29) is 18.1 Å². The van der Waals surface area contributed by atoms with Crippen LogP contribution in [0.3, 0.4) is 0 Å². The number of aliphatic hydroxyl groups excluding tert-OH is 1. The summed E-state index contributed by atoms with van der Waals surface area (Å²) in [4.78, 5) is 0. The van der Waals surface area contributed by atoms with Gasteiger partial charge in [0.15, 0.2) is 0 Å². The Hall–Kier alpha value is -1.06. The van der Waals surface area contributed by atoms with Crippen LogP contribution < -0.4 is 0 Å². The monoisotopic (exact) mass is 248 g/mol. The number of phenols is 1. The fourth-order valence-corrected chi connectivity index (χ4v) is 3.18. The van der Waals surface area contributed by atoms with E-state index >= 15 is 0 Å². The summed E-state index contributed by atoms with van der Waals surface area (Å²) < 4.78 is 5.87. The first-order chi connectivity index (χ1) is 8.73. The highest BCUT2D eigenvalue weighted by Crippen LogP contribution is 2.49. The van der Waals surface area contributed by atoms with E-state index in [4.69, 9.17) is 4.74 Å². The van der Waals surface area contributed by atoms with Crippen LogP contribution in [0, 0.1) is 11.3 Å². The molecule has 1 aliphatic carbocycles. The highest BCUT2D eigenvalue weighted by atomic mass is 16.5. The fourth-order valence-electron chi connectivity index (χ4n) is 3.18. The summed E-state index contributed by atoms with van der Waals surface area (Å²) in [6.45, 7) is 0.953. The molecule has 0 radical (unpaired) electrons. The molecule has 0 bridgehead atoms. The van der Waals surface area contributed by atoms with Gasteiger partial charge in [-0.25, -0.2) is 0 Å². The molecule has 2 fully saturated rings. The van der Waals surface area contributed by atoms with Gasteiger partial charge in [0.1, 0.15) is 5.75 Å². The summed E-state index contributed by atoms with van der Waals surface area (Å²) in [6, 6.07) is 7.30. The second kappa shape index (κ2) is 4.56. The lowest BCUT2D eigenvalue weighted by Gasteiger charge is -2.32.